The molecule has 1 fully saturated rings. The zero-order valence-electron chi connectivity index (χ0n) is 10.0. The van der Waals surface area contributed by atoms with E-state index in [1.165, 1.54) is 11.3 Å². The minimum atomic E-state index is -0.663. The average Bonchev–Trinajstić information content (AvgIpc) is 2.66. The first-order valence-electron chi connectivity index (χ1n) is 6.14. The van der Waals surface area contributed by atoms with E-state index in [1.807, 2.05) is 6.07 Å². The minimum Gasteiger partial charge on any atom is -0.333 e. The second-order valence-electron chi connectivity index (χ2n) is 4.67. The maximum absolute atomic E-state index is 12.1. The fraction of sp³-hybridized carbons (Fsp3) is 0.538. The smallest absolute Gasteiger partial charge is 0.262 e. The van der Waals surface area contributed by atoms with E-state index in [1.54, 1.807) is 6.07 Å². The van der Waals surface area contributed by atoms with E-state index in [0.717, 1.165) is 42.3 Å². The molecule has 1 heterocycles. The van der Waals surface area contributed by atoms with E-state index in [4.69, 9.17) is 0 Å². The van der Waals surface area contributed by atoms with Crippen LogP contribution >= 0.6 is 27.3 Å². The summed E-state index contributed by atoms with van der Waals surface area (Å²) in [6, 6.07) is 5.96. The molecule has 0 bridgehead atoms. The highest BCUT2D eigenvalue weighted by atomic mass is 79.9. The summed E-state index contributed by atoms with van der Waals surface area (Å²) < 4.78 is 0.930. The number of carbonyl (C=O) groups is 1. The van der Waals surface area contributed by atoms with E-state index in [9.17, 15) is 10.1 Å². The minimum absolute atomic E-state index is 0.130. The van der Waals surface area contributed by atoms with Gasteiger partial charge in [0.05, 0.1) is 14.7 Å². The summed E-state index contributed by atoms with van der Waals surface area (Å²) in [5.41, 5.74) is -0.663. The lowest BCUT2D eigenvalue weighted by molar-refractivity contribution is 0.0917. The third-order valence-corrected chi connectivity index (χ3v) is 4.94. The summed E-state index contributed by atoms with van der Waals surface area (Å²) in [4.78, 5) is 12.8. The zero-order valence-corrected chi connectivity index (χ0v) is 12.4. The highest BCUT2D eigenvalue weighted by Gasteiger charge is 2.33. The molecule has 96 valence electrons. The number of carbonyl (C=O) groups excluding carboxylic acids is 1. The summed E-state index contributed by atoms with van der Waals surface area (Å²) in [6.07, 6.45) is 5.88. The molecule has 1 saturated carbocycles. The summed E-state index contributed by atoms with van der Waals surface area (Å²) >= 11 is 4.74. The van der Waals surface area contributed by atoms with Crippen LogP contribution < -0.4 is 5.32 Å². The second kappa shape index (κ2) is 5.85. The maximum Gasteiger partial charge on any atom is 0.262 e. The number of thiophene rings is 1. The SMILES string of the molecule is N#CC1(NC(=O)c2ccc(Br)s2)CCCCCC1. The molecule has 18 heavy (non-hydrogen) atoms. The predicted molar refractivity (Wildman–Crippen MR) is 75.5 cm³/mol. The normalized spacial score (nSPS) is 18.7. The van der Waals surface area contributed by atoms with Crippen LogP contribution in [-0.2, 0) is 0 Å². The van der Waals surface area contributed by atoms with Crippen LogP contribution in [0, 0.1) is 11.3 Å². The molecule has 0 saturated heterocycles. The van der Waals surface area contributed by atoms with E-state index in [0.29, 0.717) is 4.88 Å². The summed E-state index contributed by atoms with van der Waals surface area (Å²) in [5, 5.41) is 12.3. The molecule has 0 unspecified atom stereocenters. The molecule has 1 aliphatic carbocycles. The fourth-order valence-corrected chi connectivity index (χ4v) is 3.59. The fourth-order valence-electron chi connectivity index (χ4n) is 2.31. The molecular weight excluding hydrogens is 312 g/mol. The van der Waals surface area contributed by atoms with Crippen molar-refractivity contribution in [1.82, 2.24) is 5.32 Å². The average molecular weight is 327 g/mol. The number of halogens is 1. The van der Waals surface area contributed by atoms with Gasteiger partial charge in [-0.1, -0.05) is 25.7 Å². The molecular formula is C13H15BrN2OS. The first-order valence-corrected chi connectivity index (χ1v) is 7.75. The molecule has 5 heteroatoms. The third kappa shape index (κ3) is 3.12. The number of rotatable bonds is 2. The predicted octanol–water partition coefficient (Wildman–Crippen LogP) is 3.86. The van der Waals surface area contributed by atoms with Crippen LogP contribution in [0.1, 0.15) is 48.2 Å². The standard InChI is InChI=1S/C13H15BrN2OS/c14-11-6-5-10(18-11)12(17)16-13(9-15)7-3-1-2-4-8-13/h5-6H,1-4,7-8H2,(H,16,17). The van der Waals surface area contributed by atoms with Crippen molar-refractivity contribution in [3.63, 3.8) is 0 Å². The molecule has 1 aromatic heterocycles. The van der Waals surface area contributed by atoms with Gasteiger partial charge >= 0.3 is 0 Å². The molecule has 1 aromatic rings. The lowest BCUT2D eigenvalue weighted by atomic mass is 9.92. The molecule has 1 aliphatic rings. The lowest BCUT2D eigenvalue weighted by Crippen LogP contribution is -2.46. The van der Waals surface area contributed by atoms with Gasteiger partial charge < -0.3 is 5.32 Å². The quantitative estimate of drug-likeness (QED) is 0.839. The summed E-state index contributed by atoms with van der Waals surface area (Å²) in [7, 11) is 0. The molecule has 2 rings (SSSR count). The van der Waals surface area contributed by atoms with Gasteiger partial charge in [-0.05, 0) is 40.9 Å². The second-order valence-corrected chi connectivity index (χ2v) is 7.13. The van der Waals surface area contributed by atoms with Crippen molar-refractivity contribution >= 4 is 33.2 Å². The van der Waals surface area contributed by atoms with Gasteiger partial charge in [0.15, 0.2) is 0 Å². The summed E-state index contributed by atoms with van der Waals surface area (Å²) in [5.74, 6) is -0.130. The third-order valence-electron chi connectivity index (χ3n) is 3.32. The van der Waals surface area contributed by atoms with Crippen molar-refractivity contribution in [2.75, 3.05) is 0 Å². The molecule has 0 atom stereocenters. The Labute approximate surface area is 119 Å². The van der Waals surface area contributed by atoms with E-state index in [-0.39, 0.29) is 5.91 Å². The van der Waals surface area contributed by atoms with Crippen LogP contribution in [0.15, 0.2) is 15.9 Å². The molecule has 1 N–H and O–H groups in total. The first-order chi connectivity index (χ1) is 8.65. The van der Waals surface area contributed by atoms with E-state index < -0.39 is 5.54 Å². The van der Waals surface area contributed by atoms with E-state index >= 15 is 0 Å². The van der Waals surface area contributed by atoms with Crippen molar-refractivity contribution in [2.45, 2.75) is 44.1 Å². The van der Waals surface area contributed by atoms with Crippen molar-refractivity contribution in [3.8, 4) is 6.07 Å². The Morgan fingerprint density at radius 1 is 1.33 bits per heavy atom. The number of nitrogens with zero attached hydrogens (tertiary/aromatic N) is 1. The van der Waals surface area contributed by atoms with Gasteiger partial charge in [0.1, 0.15) is 5.54 Å². The molecule has 0 aromatic carbocycles. The van der Waals surface area contributed by atoms with Crippen molar-refractivity contribution in [2.24, 2.45) is 0 Å². The highest BCUT2D eigenvalue weighted by molar-refractivity contribution is 9.11. The van der Waals surface area contributed by atoms with Crippen LogP contribution in [-0.4, -0.2) is 11.4 Å². The number of hydrogen-bond acceptors (Lipinski definition) is 3. The van der Waals surface area contributed by atoms with Crippen LogP contribution in [0.3, 0.4) is 0 Å². The Hall–Kier alpha value is -0.860. The molecule has 0 spiro atoms. The van der Waals surface area contributed by atoms with Crippen LogP contribution in [0.25, 0.3) is 0 Å². The largest absolute Gasteiger partial charge is 0.333 e. The highest BCUT2D eigenvalue weighted by Crippen LogP contribution is 2.28. The van der Waals surface area contributed by atoms with Crippen molar-refractivity contribution < 1.29 is 4.79 Å². The first kappa shape index (κ1) is 13.6. The summed E-state index contributed by atoms with van der Waals surface area (Å²) in [6.45, 7) is 0. The van der Waals surface area contributed by atoms with Crippen molar-refractivity contribution in [3.05, 3.63) is 20.8 Å². The molecule has 0 radical (unpaired) electrons. The van der Waals surface area contributed by atoms with Crippen LogP contribution in [0.4, 0.5) is 0 Å². The van der Waals surface area contributed by atoms with E-state index in [2.05, 4.69) is 27.3 Å². The van der Waals surface area contributed by atoms with Gasteiger partial charge in [0.25, 0.3) is 5.91 Å². The zero-order chi connectivity index (χ0) is 13.0. The molecule has 3 nitrogen and oxygen atoms in total. The van der Waals surface area contributed by atoms with Gasteiger partial charge in [-0.2, -0.15) is 5.26 Å². The molecule has 0 aliphatic heterocycles. The van der Waals surface area contributed by atoms with Crippen molar-refractivity contribution in [1.29, 1.82) is 5.26 Å². The van der Waals surface area contributed by atoms with Crippen LogP contribution in [0.5, 0.6) is 0 Å². The van der Waals surface area contributed by atoms with Gasteiger partial charge in [0, 0.05) is 0 Å². The number of hydrogen-bond donors (Lipinski definition) is 1. The lowest BCUT2D eigenvalue weighted by Gasteiger charge is -2.25. The number of amides is 1. The van der Waals surface area contributed by atoms with Gasteiger partial charge in [-0.15, -0.1) is 11.3 Å². The number of nitrogens with one attached hydrogen (secondary N) is 1. The molecule has 1 amide bonds. The monoisotopic (exact) mass is 326 g/mol. The van der Waals surface area contributed by atoms with Gasteiger partial charge in [0.2, 0.25) is 0 Å². The Morgan fingerprint density at radius 2 is 2.00 bits per heavy atom. The Morgan fingerprint density at radius 3 is 2.50 bits per heavy atom. The Kier molecular flexibility index (Phi) is 4.41. The maximum atomic E-state index is 12.1. The van der Waals surface area contributed by atoms with Crippen LogP contribution in [0.2, 0.25) is 0 Å². The Balaban J connectivity index is 2.10. The Bertz CT molecular complexity index is 470. The van der Waals surface area contributed by atoms with Gasteiger partial charge in [-0.3, -0.25) is 4.79 Å². The number of nitriles is 1. The van der Waals surface area contributed by atoms with Gasteiger partial charge in [-0.25, -0.2) is 0 Å². The topological polar surface area (TPSA) is 52.9 Å².